The summed E-state index contributed by atoms with van der Waals surface area (Å²) in [6.45, 7) is 2.21. The number of rotatable bonds is 2. The summed E-state index contributed by atoms with van der Waals surface area (Å²) in [4.78, 5) is 18.0. The average Bonchev–Trinajstić information content (AvgIpc) is 2.44. The molecule has 5 heteroatoms. The van der Waals surface area contributed by atoms with Crippen LogP contribution in [0.5, 0.6) is 5.75 Å². The number of benzene rings is 1. The predicted molar refractivity (Wildman–Crippen MR) is 76.4 cm³/mol. The Morgan fingerprint density at radius 1 is 1.35 bits per heavy atom. The van der Waals surface area contributed by atoms with Gasteiger partial charge in [-0.1, -0.05) is 12.1 Å². The van der Waals surface area contributed by atoms with Crippen molar-refractivity contribution in [2.24, 2.45) is 0 Å². The summed E-state index contributed by atoms with van der Waals surface area (Å²) < 4.78 is 5.61. The lowest BCUT2D eigenvalue weighted by Crippen LogP contribution is -2.43. The monoisotopic (exact) mass is 269 g/mol. The molecule has 1 amide bonds. The number of nitrogens with two attached hydrogens (primary N) is 1. The molecule has 1 aromatic carbocycles. The van der Waals surface area contributed by atoms with Gasteiger partial charge in [0.05, 0.1) is 12.2 Å². The first-order valence-corrected chi connectivity index (χ1v) is 6.42. The average molecular weight is 269 g/mol. The van der Waals surface area contributed by atoms with Gasteiger partial charge >= 0.3 is 0 Å². The topological polar surface area (TPSA) is 68.4 Å². The molecule has 5 nitrogen and oxygen atoms in total. The van der Waals surface area contributed by atoms with Crippen LogP contribution < -0.4 is 15.4 Å². The molecular formula is C15H15N3O2. The third-order valence-corrected chi connectivity index (χ3v) is 3.26. The lowest BCUT2D eigenvalue weighted by Gasteiger charge is -2.33. The van der Waals surface area contributed by atoms with Crippen LogP contribution in [0, 0.1) is 0 Å². The molecule has 1 atom stereocenters. The molecule has 1 unspecified atom stereocenters. The Kier molecular flexibility index (Phi) is 3.02. The lowest BCUT2D eigenvalue weighted by atomic mass is 10.1. The number of pyridine rings is 1. The van der Waals surface area contributed by atoms with Crippen molar-refractivity contribution in [1.82, 2.24) is 4.98 Å². The number of aromatic nitrogens is 1. The van der Waals surface area contributed by atoms with Crippen molar-refractivity contribution in [1.29, 1.82) is 0 Å². The minimum atomic E-state index is -0.482. The predicted octanol–water partition coefficient (Wildman–Crippen LogP) is 1.98. The van der Waals surface area contributed by atoms with Crippen LogP contribution in [0.2, 0.25) is 0 Å². The molecule has 2 aromatic rings. The maximum Gasteiger partial charge on any atom is 0.268 e. The van der Waals surface area contributed by atoms with Crippen LogP contribution in [-0.2, 0) is 11.3 Å². The van der Waals surface area contributed by atoms with E-state index < -0.39 is 6.10 Å². The highest BCUT2D eigenvalue weighted by atomic mass is 16.5. The van der Waals surface area contributed by atoms with Gasteiger partial charge in [-0.15, -0.1) is 0 Å². The van der Waals surface area contributed by atoms with Crippen molar-refractivity contribution < 1.29 is 9.53 Å². The molecule has 2 N–H and O–H groups in total. The van der Waals surface area contributed by atoms with Gasteiger partial charge < -0.3 is 15.4 Å². The number of nitrogens with zero attached hydrogens (tertiary/aromatic N) is 2. The highest BCUT2D eigenvalue weighted by molar-refractivity contribution is 5.99. The van der Waals surface area contributed by atoms with E-state index in [-0.39, 0.29) is 5.91 Å². The number of para-hydroxylation sites is 2. The molecule has 0 fully saturated rings. The van der Waals surface area contributed by atoms with Crippen molar-refractivity contribution >= 4 is 17.4 Å². The van der Waals surface area contributed by atoms with Gasteiger partial charge in [-0.3, -0.25) is 4.79 Å². The summed E-state index contributed by atoms with van der Waals surface area (Å²) >= 11 is 0. The molecule has 1 aliphatic heterocycles. The van der Waals surface area contributed by atoms with E-state index in [0.29, 0.717) is 12.4 Å². The zero-order chi connectivity index (χ0) is 14.1. The smallest absolute Gasteiger partial charge is 0.268 e. The number of hydrogen-bond acceptors (Lipinski definition) is 4. The second kappa shape index (κ2) is 4.85. The van der Waals surface area contributed by atoms with Crippen LogP contribution in [-0.4, -0.2) is 17.0 Å². The Morgan fingerprint density at radius 3 is 2.95 bits per heavy atom. The highest BCUT2D eigenvalue weighted by Crippen LogP contribution is 2.34. The molecule has 0 bridgehead atoms. The molecule has 0 saturated heterocycles. The lowest BCUT2D eigenvalue weighted by molar-refractivity contribution is -0.125. The summed E-state index contributed by atoms with van der Waals surface area (Å²) in [6, 6.07) is 11.2. The van der Waals surface area contributed by atoms with Crippen LogP contribution in [0.15, 0.2) is 42.6 Å². The Bertz CT molecular complexity index is 657. The number of anilines is 2. The van der Waals surface area contributed by atoms with Crippen LogP contribution in [0.3, 0.4) is 0 Å². The number of amides is 1. The number of hydrogen-bond donors (Lipinski definition) is 1. The Labute approximate surface area is 117 Å². The van der Waals surface area contributed by atoms with Gasteiger partial charge in [0, 0.05) is 6.20 Å². The molecule has 20 heavy (non-hydrogen) atoms. The highest BCUT2D eigenvalue weighted by Gasteiger charge is 2.31. The molecule has 2 heterocycles. The van der Waals surface area contributed by atoms with E-state index in [1.54, 1.807) is 24.1 Å². The van der Waals surface area contributed by atoms with Gasteiger partial charge in [-0.05, 0) is 36.8 Å². The van der Waals surface area contributed by atoms with E-state index in [4.69, 9.17) is 10.5 Å². The molecule has 1 aromatic heterocycles. The van der Waals surface area contributed by atoms with Crippen molar-refractivity contribution in [2.45, 2.75) is 19.6 Å². The van der Waals surface area contributed by atoms with Gasteiger partial charge in [0.15, 0.2) is 6.10 Å². The molecule has 0 spiro atoms. The van der Waals surface area contributed by atoms with Crippen molar-refractivity contribution in [2.75, 3.05) is 10.6 Å². The third-order valence-electron chi connectivity index (χ3n) is 3.26. The van der Waals surface area contributed by atoms with Gasteiger partial charge in [-0.25, -0.2) is 4.98 Å². The largest absolute Gasteiger partial charge is 0.479 e. The third kappa shape index (κ3) is 2.18. The van der Waals surface area contributed by atoms with E-state index in [1.807, 2.05) is 30.3 Å². The van der Waals surface area contributed by atoms with E-state index in [2.05, 4.69) is 4.98 Å². The summed E-state index contributed by atoms with van der Waals surface area (Å²) in [6.07, 6.45) is 1.16. The van der Waals surface area contributed by atoms with Crippen LogP contribution in [0.25, 0.3) is 0 Å². The Balaban J connectivity index is 1.97. The first kappa shape index (κ1) is 12.5. The summed E-state index contributed by atoms with van der Waals surface area (Å²) in [5.74, 6) is 1.12. The van der Waals surface area contributed by atoms with Crippen LogP contribution in [0.1, 0.15) is 12.5 Å². The van der Waals surface area contributed by atoms with Crippen molar-refractivity contribution in [3.05, 3.63) is 48.2 Å². The Hall–Kier alpha value is -2.56. The zero-order valence-electron chi connectivity index (χ0n) is 11.1. The van der Waals surface area contributed by atoms with E-state index >= 15 is 0 Å². The standard InChI is InChI=1S/C15H15N3O2/c1-10-15(19)18(9-11-6-7-17-14(16)8-11)12-4-2-3-5-13(12)20-10/h2-8,10H,9H2,1H3,(H2,16,17). The van der Waals surface area contributed by atoms with Crippen molar-refractivity contribution in [3.8, 4) is 5.75 Å². The number of carbonyl (C=O) groups excluding carboxylic acids is 1. The van der Waals surface area contributed by atoms with E-state index in [0.717, 1.165) is 17.0 Å². The van der Waals surface area contributed by atoms with E-state index in [9.17, 15) is 4.79 Å². The first-order valence-electron chi connectivity index (χ1n) is 6.42. The van der Waals surface area contributed by atoms with Crippen LogP contribution >= 0.6 is 0 Å². The zero-order valence-corrected chi connectivity index (χ0v) is 11.1. The fourth-order valence-corrected chi connectivity index (χ4v) is 2.30. The van der Waals surface area contributed by atoms with E-state index in [1.165, 1.54) is 0 Å². The fraction of sp³-hybridized carbons (Fsp3) is 0.200. The second-order valence-electron chi connectivity index (χ2n) is 4.74. The number of carbonyl (C=O) groups is 1. The fourth-order valence-electron chi connectivity index (χ4n) is 2.30. The minimum Gasteiger partial charge on any atom is -0.479 e. The van der Waals surface area contributed by atoms with Crippen molar-refractivity contribution in [3.63, 3.8) is 0 Å². The normalized spacial score (nSPS) is 17.6. The molecule has 1 aliphatic rings. The summed E-state index contributed by atoms with van der Waals surface area (Å²) in [5, 5.41) is 0. The van der Waals surface area contributed by atoms with Gasteiger partial charge in [0.1, 0.15) is 11.6 Å². The molecule has 102 valence electrons. The summed E-state index contributed by atoms with van der Waals surface area (Å²) in [5.41, 5.74) is 7.40. The quantitative estimate of drug-likeness (QED) is 0.905. The minimum absolute atomic E-state index is 0.0564. The number of ether oxygens (including phenoxy) is 1. The molecule has 0 saturated carbocycles. The second-order valence-corrected chi connectivity index (χ2v) is 4.74. The van der Waals surface area contributed by atoms with Crippen LogP contribution in [0.4, 0.5) is 11.5 Å². The molecule has 0 aliphatic carbocycles. The van der Waals surface area contributed by atoms with Gasteiger partial charge in [-0.2, -0.15) is 0 Å². The molecule has 0 radical (unpaired) electrons. The molecular weight excluding hydrogens is 254 g/mol. The van der Waals surface area contributed by atoms with Gasteiger partial charge in [0.25, 0.3) is 5.91 Å². The summed E-state index contributed by atoms with van der Waals surface area (Å²) in [7, 11) is 0. The van der Waals surface area contributed by atoms with Gasteiger partial charge in [0.2, 0.25) is 0 Å². The molecule has 3 rings (SSSR count). The first-order chi connectivity index (χ1) is 9.65. The maximum atomic E-state index is 12.3. The Morgan fingerprint density at radius 2 is 2.15 bits per heavy atom. The maximum absolute atomic E-state index is 12.3. The SMILES string of the molecule is CC1Oc2ccccc2N(Cc2ccnc(N)c2)C1=O. The number of fused-ring (bicyclic) bond motifs is 1. The number of nitrogen functional groups attached to an aromatic ring is 1.